The second-order valence-corrected chi connectivity index (χ2v) is 6.54. The summed E-state index contributed by atoms with van der Waals surface area (Å²) in [7, 11) is 0. The molecule has 21 heavy (non-hydrogen) atoms. The highest BCUT2D eigenvalue weighted by Crippen LogP contribution is 2.25. The van der Waals surface area contributed by atoms with E-state index in [1.54, 1.807) is 12.1 Å². The number of carbonyl (C=O) groups excluding carboxylic acids is 1. The van der Waals surface area contributed by atoms with Crippen molar-refractivity contribution in [2.24, 2.45) is 0 Å². The van der Waals surface area contributed by atoms with E-state index in [0.717, 1.165) is 17.7 Å². The van der Waals surface area contributed by atoms with Crippen molar-refractivity contribution in [3.05, 3.63) is 29.8 Å². The highest BCUT2D eigenvalue weighted by atomic mass is 32.2. The van der Waals surface area contributed by atoms with E-state index >= 15 is 0 Å². The predicted molar refractivity (Wildman–Crippen MR) is 85.0 cm³/mol. The average Bonchev–Trinajstić information content (AvgIpc) is 2.96. The molecule has 1 saturated heterocycles. The fourth-order valence-electron chi connectivity index (χ4n) is 2.24. The lowest BCUT2D eigenvalue weighted by atomic mass is 10.2. The number of amides is 2. The molecule has 0 bridgehead atoms. The molecule has 0 radical (unpaired) electrons. The molecular weight excluding hydrogens is 288 g/mol. The molecular formula is C15H20N2O3S. The van der Waals surface area contributed by atoms with Gasteiger partial charge in [-0.15, -0.1) is 0 Å². The number of carboxylic acids is 1. The van der Waals surface area contributed by atoms with E-state index in [-0.39, 0.29) is 12.6 Å². The van der Waals surface area contributed by atoms with E-state index in [0.29, 0.717) is 17.5 Å². The third-order valence-corrected chi connectivity index (χ3v) is 4.79. The summed E-state index contributed by atoms with van der Waals surface area (Å²) in [6, 6.07) is 6.91. The number of aliphatic carboxylic acids is 1. The van der Waals surface area contributed by atoms with Gasteiger partial charge in [-0.25, -0.2) is 4.79 Å². The molecule has 114 valence electrons. The summed E-state index contributed by atoms with van der Waals surface area (Å²) < 4.78 is 0. The smallest absolute Gasteiger partial charge is 0.323 e. The minimum absolute atomic E-state index is 0.341. The number of rotatable bonds is 5. The van der Waals surface area contributed by atoms with E-state index in [1.165, 1.54) is 11.3 Å². The Kier molecular flexibility index (Phi) is 5.50. The summed E-state index contributed by atoms with van der Waals surface area (Å²) in [6.45, 7) is 2.20. The van der Waals surface area contributed by atoms with Gasteiger partial charge in [0.05, 0.1) is 0 Å². The van der Waals surface area contributed by atoms with Gasteiger partial charge in [-0.05, 0) is 37.7 Å². The summed E-state index contributed by atoms with van der Waals surface area (Å²) in [5, 5.41) is 12.3. The Morgan fingerprint density at radius 1 is 1.38 bits per heavy atom. The Balaban J connectivity index is 2.01. The fourth-order valence-corrected chi connectivity index (χ4v) is 3.44. The zero-order chi connectivity index (χ0) is 15.2. The molecule has 1 atom stereocenters. The van der Waals surface area contributed by atoms with Crippen LogP contribution in [0.3, 0.4) is 0 Å². The van der Waals surface area contributed by atoms with E-state index < -0.39 is 5.97 Å². The maximum Gasteiger partial charge on any atom is 0.323 e. The van der Waals surface area contributed by atoms with Crippen molar-refractivity contribution >= 4 is 29.4 Å². The number of carboxylic acid groups (broad SMARTS) is 1. The quantitative estimate of drug-likeness (QED) is 0.877. The summed E-state index contributed by atoms with van der Waals surface area (Å²) in [4.78, 5) is 24.5. The topological polar surface area (TPSA) is 69.6 Å². The van der Waals surface area contributed by atoms with E-state index in [4.69, 9.17) is 5.11 Å². The Hall–Kier alpha value is -1.69. The first-order valence-corrected chi connectivity index (χ1v) is 8.06. The number of anilines is 1. The van der Waals surface area contributed by atoms with Crippen LogP contribution in [0.25, 0.3) is 0 Å². The molecule has 1 heterocycles. The van der Waals surface area contributed by atoms with Crippen LogP contribution >= 0.6 is 11.8 Å². The molecule has 1 aliphatic heterocycles. The van der Waals surface area contributed by atoms with Gasteiger partial charge in [0, 0.05) is 17.5 Å². The van der Waals surface area contributed by atoms with Gasteiger partial charge in [0.2, 0.25) is 0 Å². The fraction of sp³-hybridized carbons (Fsp3) is 0.467. The molecule has 1 unspecified atom stereocenters. The van der Waals surface area contributed by atoms with E-state index in [2.05, 4.69) is 5.32 Å². The SMILES string of the molecule is Cc1ccc(N(CC(=O)O)C(=O)NCC2CCCS2)cc1. The molecule has 2 amide bonds. The Morgan fingerprint density at radius 2 is 2.10 bits per heavy atom. The molecule has 1 aromatic rings. The largest absolute Gasteiger partial charge is 0.480 e. The molecule has 5 nitrogen and oxygen atoms in total. The van der Waals surface area contributed by atoms with Crippen molar-refractivity contribution in [2.75, 3.05) is 23.7 Å². The molecule has 1 fully saturated rings. The monoisotopic (exact) mass is 308 g/mol. The lowest BCUT2D eigenvalue weighted by Crippen LogP contribution is -2.44. The molecule has 1 aromatic carbocycles. The highest BCUT2D eigenvalue weighted by Gasteiger charge is 2.21. The van der Waals surface area contributed by atoms with Crippen molar-refractivity contribution in [1.29, 1.82) is 0 Å². The first kappa shape index (κ1) is 15.7. The Morgan fingerprint density at radius 3 is 2.67 bits per heavy atom. The minimum Gasteiger partial charge on any atom is -0.480 e. The third-order valence-electron chi connectivity index (χ3n) is 3.39. The van der Waals surface area contributed by atoms with Gasteiger partial charge in [0.15, 0.2) is 0 Å². The van der Waals surface area contributed by atoms with Gasteiger partial charge in [-0.2, -0.15) is 11.8 Å². The van der Waals surface area contributed by atoms with Crippen LogP contribution in [0.4, 0.5) is 10.5 Å². The number of hydrogen-bond donors (Lipinski definition) is 2. The molecule has 2 rings (SSSR count). The molecule has 0 spiro atoms. The first-order valence-electron chi connectivity index (χ1n) is 7.01. The van der Waals surface area contributed by atoms with Crippen LogP contribution in [0.15, 0.2) is 24.3 Å². The summed E-state index contributed by atoms with van der Waals surface area (Å²) in [5.41, 5.74) is 1.66. The van der Waals surface area contributed by atoms with Crippen molar-refractivity contribution < 1.29 is 14.7 Å². The van der Waals surface area contributed by atoms with Crippen LogP contribution < -0.4 is 10.2 Å². The number of nitrogens with one attached hydrogen (secondary N) is 1. The predicted octanol–water partition coefficient (Wildman–Crippen LogP) is 2.49. The highest BCUT2D eigenvalue weighted by molar-refractivity contribution is 8.00. The molecule has 1 aliphatic rings. The van der Waals surface area contributed by atoms with Crippen LogP contribution in [0, 0.1) is 6.92 Å². The molecule has 0 saturated carbocycles. The van der Waals surface area contributed by atoms with Gasteiger partial charge in [-0.3, -0.25) is 9.69 Å². The Bertz CT molecular complexity index is 498. The molecule has 6 heteroatoms. The van der Waals surface area contributed by atoms with Crippen molar-refractivity contribution in [3.63, 3.8) is 0 Å². The third kappa shape index (κ3) is 4.67. The van der Waals surface area contributed by atoms with Crippen LogP contribution in [-0.4, -0.2) is 41.2 Å². The van der Waals surface area contributed by atoms with Gasteiger partial charge < -0.3 is 10.4 Å². The minimum atomic E-state index is -1.03. The summed E-state index contributed by atoms with van der Waals surface area (Å²) in [5.74, 6) is 0.109. The first-order chi connectivity index (χ1) is 10.1. The second kappa shape index (κ2) is 7.36. The maximum absolute atomic E-state index is 12.3. The zero-order valence-corrected chi connectivity index (χ0v) is 12.9. The zero-order valence-electron chi connectivity index (χ0n) is 12.0. The number of carbonyl (C=O) groups is 2. The van der Waals surface area contributed by atoms with Crippen LogP contribution in [0.2, 0.25) is 0 Å². The number of nitrogens with zero attached hydrogens (tertiary/aromatic N) is 1. The second-order valence-electron chi connectivity index (χ2n) is 5.14. The van der Waals surface area contributed by atoms with Crippen LogP contribution in [-0.2, 0) is 4.79 Å². The van der Waals surface area contributed by atoms with Gasteiger partial charge >= 0.3 is 12.0 Å². The number of benzene rings is 1. The van der Waals surface area contributed by atoms with Gasteiger partial charge in [0.1, 0.15) is 6.54 Å². The van der Waals surface area contributed by atoms with Crippen molar-refractivity contribution in [2.45, 2.75) is 25.0 Å². The normalized spacial score (nSPS) is 17.5. The van der Waals surface area contributed by atoms with E-state index in [1.807, 2.05) is 30.8 Å². The lowest BCUT2D eigenvalue weighted by Gasteiger charge is -2.22. The number of aryl methyl sites for hydroxylation is 1. The molecule has 0 aromatic heterocycles. The maximum atomic E-state index is 12.3. The van der Waals surface area contributed by atoms with Crippen LogP contribution in [0.5, 0.6) is 0 Å². The van der Waals surface area contributed by atoms with Gasteiger partial charge in [-0.1, -0.05) is 17.7 Å². The Labute approximate surface area is 128 Å². The molecule has 2 N–H and O–H groups in total. The van der Waals surface area contributed by atoms with Crippen molar-refractivity contribution in [3.8, 4) is 0 Å². The van der Waals surface area contributed by atoms with Crippen LogP contribution in [0.1, 0.15) is 18.4 Å². The van der Waals surface area contributed by atoms with Gasteiger partial charge in [0.25, 0.3) is 0 Å². The summed E-state index contributed by atoms with van der Waals surface area (Å²) >= 11 is 1.86. The number of urea groups is 1. The standard InChI is InChI=1S/C15H20N2O3S/c1-11-4-6-12(7-5-11)17(10-14(18)19)15(20)16-9-13-3-2-8-21-13/h4-7,13H,2-3,8-10H2,1H3,(H,16,20)(H,18,19). The summed E-state index contributed by atoms with van der Waals surface area (Å²) in [6.07, 6.45) is 2.29. The molecule has 0 aliphatic carbocycles. The average molecular weight is 308 g/mol. The number of thioether (sulfide) groups is 1. The number of hydrogen-bond acceptors (Lipinski definition) is 3. The van der Waals surface area contributed by atoms with E-state index in [9.17, 15) is 9.59 Å². The van der Waals surface area contributed by atoms with Crippen molar-refractivity contribution in [1.82, 2.24) is 5.32 Å². The lowest BCUT2D eigenvalue weighted by molar-refractivity contribution is -0.135.